The molecule has 7 nitrogen and oxygen atoms in total. The highest BCUT2D eigenvalue weighted by atomic mass is 35.5. The Bertz CT molecular complexity index is 498. The average molecular weight is 298 g/mol. The van der Waals surface area contributed by atoms with E-state index < -0.39 is 9.84 Å². The van der Waals surface area contributed by atoms with E-state index in [0.717, 1.165) is 6.26 Å². The van der Waals surface area contributed by atoms with Gasteiger partial charge in [-0.2, -0.15) is 0 Å². The molecule has 1 heterocycles. The number of oxime groups is 1. The maximum absolute atomic E-state index is 10.9. The van der Waals surface area contributed by atoms with Crippen LogP contribution in [0.15, 0.2) is 17.5 Å². The van der Waals surface area contributed by atoms with Crippen molar-refractivity contribution in [2.45, 2.75) is 6.73 Å². The zero-order valence-corrected chi connectivity index (χ0v) is 11.7. The Labute approximate surface area is 112 Å². The van der Waals surface area contributed by atoms with E-state index in [9.17, 15) is 8.42 Å². The van der Waals surface area contributed by atoms with Gasteiger partial charge in [0.1, 0.15) is 22.2 Å². The summed E-state index contributed by atoms with van der Waals surface area (Å²) in [5.74, 6) is 0.635. The molecule has 0 bridgehead atoms. The molecule has 0 unspecified atom stereocenters. The van der Waals surface area contributed by atoms with Gasteiger partial charge in [-0.3, -0.25) is 0 Å². The van der Waals surface area contributed by atoms with Crippen LogP contribution in [0.2, 0.25) is 0 Å². The lowest BCUT2D eigenvalue weighted by molar-refractivity contribution is -0.672. The number of rotatable bonds is 6. The summed E-state index contributed by atoms with van der Waals surface area (Å²) < 4.78 is 30.4. The van der Waals surface area contributed by atoms with Crippen LogP contribution in [0.3, 0.4) is 0 Å². The minimum absolute atomic E-state index is 0. The Morgan fingerprint density at radius 1 is 1.61 bits per heavy atom. The predicted molar refractivity (Wildman–Crippen MR) is 60.7 cm³/mol. The fraction of sp³-hybridized carbons (Fsp3) is 0.556. The van der Waals surface area contributed by atoms with Gasteiger partial charge in [-0.15, -0.1) is 0 Å². The Morgan fingerprint density at radius 3 is 2.83 bits per heavy atom. The smallest absolute Gasteiger partial charge is 0.305 e. The van der Waals surface area contributed by atoms with Gasteiger partial charge in [0.25, 0.3) is 0 Å². The Hall–Kier alpha value is -1.12. The zero-order valence-electron chi connectivity index (χ0n) is 10.2. The van der Waals surface area contributed by atoms with Crippen LogP contribution in [0.25, 0.3) is 0 Å². The second kappa shape index (κ2) is 7.34. The summed E-state index contributed by atoms with van der Waals surface area (Å²) in [7, 11) is -1.20. The summed E-state index contributed by atoms with van der Waals surface area (Å²) in [6, 6.07) is 0. The van der Waals surface area contributed by atoms with Gasteiger partial charge in [-0.25, -0.2) is 17.6 Å². The molecule has 0 saturated heterocycles. The molecule has 1 rings (SSSR count). The summed E-state index contributed by atoms with van der Waals surface area (Å²) in [6.07, 6.45) is 5.96. The van der Waals surface area contributed by atoms with Gasteiger partial charge in [-0.1, -0.05) is 5.16 Å². The molecule has 1 N–H and O–H groups in total. The highest BCUT2D eigenvalue weighted by molar-refractivity contribution is 7.90. The van der Waals surface area contributed by atoms with Crippen molar-refractivity contribution in [2.24, 2.45) is 12.2 Å². The van der Waals surface area contributed by atoms with E-state index in [1.54, 1.807) is 28.6 Å². The fourth-order valence-electron chi connectivity index (χ4n) is 1.24. The van der Waals surface area contributed by atoms with Crippen molar-refractivity contribution in [3.8, 4) is 0 Å². The third-order valence-electron chi connectivity index (χ3n) is 2.13. The lowest BCUT2D eigenvalue weighted by atomic mass is 10.6. The molecule has 0 aromatic carbocycles. The highest BCUT2D eigenvalue weighted by Crippen LogP contribution is 1.94. The third-order valence-corrected chi connectivity index (χ3v) is 3.04. The Morgan fingerprint density at radius 2 is 2.28 bits per heavy atom. The first-order valence-electron chi connectivity index (χ1n) is 4.91. The number of sulfone groups is 1. The van der Waals surface area contributed by atoms with Gasteiger partial charge in [0, 0.05) is 6.26 Å². The van der Waals surface area contributed by atoms with E-state index in [-0.39, 0.29) is 31.5 Å². The Kier molecular flexibility index (Phi) is 6.89. The molecule has 0 saturated carbocycles. The van der Waals surface area contributed by atoms with Crippen LogP contribution in [0.1, 0.15) is 5.82 Å². The molecule has 18 heavy (non-hydrogen) atoms. The lowest BCUT2D eigenvalue weighted by Gasteiger charge is -2.01. The van der Waals surface area contributed by atoms with E-state index in [1.165, 1.54) is 6.21 Å². The summed E-state index contributed by atoms with van der Waals surface area (Å²) in [4.78, 5) is 0. The molecule has 0 aliphatic heterocycles. The summed E-state index contributed by atoms with van der Waals surface area (Å²) in [5, 5.41) is 11.4. The average Bonchev–Trinajstić information content (AvgIpc) is 2.55. The van der Waals surface area contributed by atoms with Crippen molar-refractivity contribution in [1.82, 2.24) is 4.57 Å². The van der Waals surface area contributed by atoms with E-state index >= 15 is 0 Å². The molecule has 0 fully saturated rings. The van der Waals surface area contributed by atoms with E-state index in [1.807, 2.05) is 0 Å². The van der Waals surface area contributed by atoms with Gasteiger partial charge in [-0.05, 0) is 0 Å². The number of aromatic nitrogens is 2. The normalized spacial score (nSPS) is 11.7. The standard InChI is InChI=1S/C9H15N3O4S.ClH/c1-11-3-4-12(9(11)7-10-13)8-16-5-6-17(2,14)15;/h3-4,7H,5-6,8H2,1-2H3;1H. The van der Waals surface area contributed by atoms with Gasteiger partial charge in [0.2, 0.25) is 0 Å². The van der Waals surface area contributed by atoms with Crippen LogP contribution in [0.4, 0.5) is 0 Å². The molecule has 0 radical (unpaired) electrons. The SMILES string of the molecule is C[n+]1ccn(COCCS(C)(=O)=O)c1C=NO.[Cl-]. The molecule has 0 aliphatic rings. The van der Waals surface area contributed by atoms with Crippen molar-refractivity contribution in [3.05, 3.63) is 18.2 Å². The first-order valence-corrected chi connectivity index (χ1v) is 6.98. The monoisotopic (exact) mass is 297 g/mol. The number of ether oxygens (including phenoxy) is 1. The fourth-order valence-corrected chi connectivity index (χ4v) is 1.66. The van der Waals surface area contributed by atoms with Crippen molar-refractivity contribution in [3.63, 3.8) is 0 Å². The Balaban J connectivity index is 0.00000289. The largest absolute Gasteiger partial charge is 1.00 e. The zero-order chi connectivity index (χ0) is 12.9. The molecule has 9 heteroatoms. The van der Waals surface area contributed by atoms with Crippen molar-refractivity contribution < 1.29 is 35.3 Å². The van der Waals surface area contributed by atoms with Gasteiger partial charge in [0.15, 0.2) is 12.9 Å². The molecular formula is C9H16ClN3O4S. The number of hydrogen-bond acceptors (Lipinski definition) is 5. The van der Waals surface area contributed by atoms with Gasteiger partial charge < -0.3 is 22.4 Å². The minimum atomic E-state index is -3.00. The molecule has 0 spiro atoms. The topological polar surface area (TPSA) is 84.8 Å². The summed E-state index contributed by atoms with van der Waals surface area (Å²) >= 11 is 0. The molecule has 0 amide bonds. The number of aryl methyl sites for hydroxylation is 1. The summed E-state index contributed by atoms with van der Waals surface area (Å²) in [5.41, 5.74) is 0. The maximum atomic E-state index is 10.9. The second-order valence-corrected chi connectivity index (χ2v) is 5.91. The van der Waals surface area contributed by atoms with Crippen LogP contribution < -0.4 is 17.0 Å². The molecule has 1 aromatic rings. The van der Waals surface area contributed by atoms with Gasteiger partial charge in [0.05, 0.1) is 19.4 Å². The van der Waals surface area contributed by atoms with E-state index in [0.29, 0.717) is 5.82 Å². The van der Waals surface area contributed by atoms with Crippen molar-refractivity contribution in [1.29, 1.82) is 0 Å². The van der Waals surface area contributed by atoms with Crippen LogP contribution in [-0.4, -0.2) is 43.0 Å². The number of halogens is 1. The molecule has 0 atom stereocenters. The first kappa shape index (κ1) is 16.9. The number of imidazole rings is 1. The molecule has 104 valence electrons. The summed E-state index contributed by atoms with van der Waals surface area (Å²) in [6.45, 7) is 0.341. The minimum Gasteiger partial charge on any atom is -1.00 e. The van der Waals surface area contributed by atoms with Crippen LogP contribution in [0.5, 0.6) is 0 Å². The van der Waals surface area contributed by atoms with Crippen LogP contribution in [-0.2, 0) is 28.4 Å². The van der Waals surface area contributed by atoms with Gasteiger partial charge >= 0.3 is 5.82 Å². The van der Waals surface area contributed by atoms with Crippen molar-refractivity contribution in [2.75, 3.05) is 18.6 Å². The number of nitrogens with zero attached hydrogens (tertiary/aromatic N) is 3. The highest BCUT2D eigenvalue weighted by Gasteiger charge is 2.12. The van der Waals surface area contributed by atoms with E-state index in [2.05, 4.69) is 5.16 Å². The number of hydrogen-bond donors (Lipinski definition) is 1. The lowest BCUT2D eigenvalue weighted by Crippen LogP contribution is -3.00. The van der Waals surface area contributed by atoms with Crippen LogP contribution >= 0.6 is 0 Å². The quantitative estimate of drug-likeness (QED) is 0.191. The third kappa shape index (κ3) is 5.48. The maximum Gasteiger partial charge on any atom is 0.305 e. The van der Waals surface area contributed by atoms with Crippen molar-refractivity contribution >= 4 is 16.1 Å². The molecular weight excluding hydrogens is 282 g/mol. The van der Waals surface area contributed by atoms with Crippen LogP contribution in [0, 0.1) is 0 Å². The molecule has 0 aliphatic carbocycles. The second-order valence-electron chi connectivity index (χ2n) is 3.65. The molecule has 1 aromatic heterocycles. The van der Waals surface area contributed by atoms with E-state index in [4.69, 9.17) is 9.94 Å². The predicted octanol–water partition coefficient (Wildman–Crippen LogP) is -3.86. The first-order chi connectivity index (χ1) is 7.94.